The van der Waals surface area contributed by atoms with E-state index in [4.69, 9.17) is 11.6 Å². The van der Waals surface area contributed by atoms with E-state index in [0.717, 1.165) is 31.5 Å². The van der Waals surface area contributed by atoms with Crippen molar-refractivity contribution in [3.8, 4) is 0 Å². The van der Waals surface area contributed by atoms with E-state index in [1.807, 2.05) is 6.07 Å². The lowest BCUT2D eigenvalue weighted by Gasteiger charge is -2.32. The number of hydrogen-bond acceptors (Lipinski definition) is 4. The van der Waals surface area contributed by atoms with Gasteiger partial charge in [-0.2, -0.15) is 0 Å². The van der Waals surface area contributed by atoms with E-state index in [2.05, 4.69) is 17.1 Å². The number of piperidine rings is 1. The molecule has 0 aromatic heterocycles. The molecule has 0 aliphatic carbocycles. The van der Waals surface area contributed by atoms with Gasteiger partial charge in [-0.15, -0.1) is 0 Å². The van der Waals surface area contributed by atoms with Gasteiger partial charge in [0, 0.05) is 18.7 Å². The fraction of sp³-hybridized carbons (Fsp3) is 0.600. The maximum atomic E-state index is 10.9. The number of rotatable bonds is 6. The zero-order valence-corrected chi connectivity index (χ0v) is 13.1. The zero-order chi connectivity index (χ0) is 15.2. The highest BCUT2D eigenvalue weighted by Gasteiger charge is 2.18. The van der Waals surface area contributed by atoms with Gasteiger partial charge in [0.1, 0.15) is 5.02 Å². The van der Waals surface area contributed by atoms with Crippen molar-refractivity contribution in [2.45, 2.75) is 38.8 Å². The van der Waals surface area contributed by atoms with Crippen LogP contribution >= 0.6 is 11.6 Å². The molecule has 1 aliphatic heterocycles. The van der Waals surface area contributed by atoms with E-state index >= 15 is 0 Å². The first-order valence-electron chi connectivity index (χ1n) is 7.48. The van der Waals surface area contributed by atoms with E-state index in [1.165, 1.54) is 13.0 Å². The summed E-state index contributed by atoms with van der Waals surface area (Å²) in [6, 6.07) is 5.49. The largest absolute Gasteiger partial charge is 0.310 e. The van der Waals surface area contributed by atoms with Gasteiger partial charge in [-0.05, 0) is 50.5 Å². The quantitative estimate of drug-likeness (QED) is 0.647. The summed E-state index contributed by atoms with van der Waals surface area (Å²) in [6.45, 7) is 6.29. The molecule has 1 N–H and O–H groups in total. The molecular formula is C15H22ClN3O2. The maximum absolute atomic E-state index is 10.9. The van der Waals surface area contributed by atoms with Crippen molar-refractivity contribution < 1.29 is 4.92 Å². The first-order chi connectivity index (χ1) is 10.1. The maximum Gasteiger partial charge on any atom is 0.288 e. The third-order valence-corrected chi connectivity index (χ3v) is 4.25. The van der Waals surface area contributed by atoms with Crippen LogP contribution in [0.25, 0.3) is 0 Å². The number of halogens is 1. The summed E-state index contributed by atoms with van der Waals surface area (Å²) in [4.78, 5) is 12.9. The third-order valence-electron chi connectivity index (χ3n) is 3.93. The minimum Gasteiger partial charge on any atom is -0.310 e. The number of likely N-dealkylation sites (tertiary alicyclic amines) is 1. The highest BCUT2D eigenvalue weighted by atomic mass is 35.5. The van der Waals surface area contributed by atoms with Gasteiger partial charge in [0.15, 0.2) is 0 Å². The van der Waals surface area contributed by atoms with Crippen molar-refractivity contribution in [2.75, 3.05) is 19.6 Å². The summed E-state index contributed by atoms with van der Waals surface area (Å²) >= 11 is 5.82. The second-order valence-corrected chi connectivity index (χ2v) is 5.95. The van der Waals surface area contributed by atoms with Gasteiger partial charge >= 0.3 is 0 Å². The molecule has 1 aromatic carbocycles. The summed E-state index contributed by atoms with van der Waals surface area (Å²) in [5, 5.41) is 14.6. The van der Waals surface area contributed by atoms with Gasteiger partial charge in [0.05, 0.1) is 4.92 Å². The Morgan fingerprint density at radius 1 is 1.43 bits per heavy atom. The number of nitro benzene ring substituents is 1. The molecule has 6 heteroatoms. The van der Waals surface area contributed by atoms with Crippen molar-refractivity contribution >= 4 is 17.3 Å². The van der Waals surface area contributed by atoms with Gasteiger partial charge in [-0.25, -0.2) is 0 Å². The Morgan fingerprint density at radius 3 is 2.76 bits per heavy atom. The number of nitro groups is 1. The second-order valence-electron chi connectivity index (χ2n) is 5.54. The first kappa shape index (κ1) is 16.2. The summed E-state index contributed by atoms with van der Waals surface area (Å²) in [5.41, 5.74) is 0.885. The molecule has 116 valence electrons. The molecule has 1 heterocycles. The molecule has 0 saturated carbocycles. The third kappa shape index (κ3) is 4.66. The molecule has 0 radical (unpaired) electrons. The zero-order valence-electron chi connectivity index (χ0n) is 12.3. The number of hydrogen-bond donors (Lipinski definition) is 1. The van der Waals surface area contributed by atoms with Crippen molar-refractivity contribution in [3.63, 3.8) is 0 Å². The Hall–Kier alpha value is -1.17. The Morgan fingerprint density at radius 2 is 2.14 bits per heavy atom. The molecule has 5 nitrogen and oxygen atoms in total. The Kier molecular flexibility index (Phi) is 5.96. The average Bonchev–Trinajstić information content (AvgIpc) is 2.48. The average molecular weight is 312 g/mol. The molecule has 0 amide bonds. The van der Waals surface area contributed by atoms with Gasteiger partial charge in [-0.3, -0.25) is 10.1 Å². The number of nitrogens with zero attached hydrogens (tertiary/aromatic N) is 2. The Balaban J connectivity index is 1.84. The van der Waals surface area contributed by atoms with Gasteiger partial charge in [0.2, 0.25) is 0 Å². The van der Waals surface area contributed by atoms with Crippen molar-refractivity contribution in [2.24, 2.45) is 0 Å². The lowest BCUT2D eigenvalue weighted by atomic mass is 10.0. The van der Waals surface area contributed by atoms with Crippen LogP contribution in [0.2, 0.25) is 5.02 Å². The fourth-order valence-corrected chi connectivity index (χ4v) is 2.93. The van der Waals surface area contributed by atoms with E-state index < -0.39 is 4.92 Å². The van der Waals surface area contributed by atoms with Gasteiger partial charge in [-0.1, -0.05) is 24.6 Å². The Bertz CT molecular complexity index is 488. The topological polar surface area (TPSA) is 58.4 Å². The molecule has 2 rings (SSSR count). The Labute approximate surface area is 130 Å². The molecule has 1 aliphatic rings. The summed E-state index contributed by atoms with van der Waals surface area (Å²) in [6.07, 6.45) is 3.47. The second kappa shape index (κ2) is 7.73. The molecule has 0 unspecified atom stereocenters. The summed E-state index contributed by atoms with van der Waals surface area (Å²) in [7, 11) is 0. The van der Waals surface area contributed by atoms with Crippen LogP contribution in [0.5, 0.6) is 0 Å². The first-order valence-corrected chi connectivity index (χ1v) is 7.86. The van der Waals surface area contributed by atoms with Crippen LogP contribution in [0.4, 0.5) is 5.69 Å². The van der Waals surface area contributed by atoms with Crippen LogP contribution in [-0.4, -0.2) is 35.5 Å². The van der Waals surface area contributed by atoms with Crippen LogP contribution in [0.3, 0.4) is 0 Å². The molecule has 0 spiro atoms. The van der Waals surface area contributed by atoms with Gasteiger partial charge < -0.3 is 10.2 Å². The van der Waals surface area contributed by atoms with Crippen molar-refractivity contribution in [1.82, 2.24) is 10.2 Å². The van der Waals surface area contributed by atoms with E-state index in [9.17, 15) is 10.1 Å². The molecule has 0 atom stereocenters. The van der Waals surface area contributed by atoms with Crippen molar-refractivity contribution in [3.05, 3.63) is 38.9 Å². The smallest absolute Gasteiger partial charge is 0.288 e. The fourth-order valence-electron chi connectivity index (χ4n) is 2.75. The van der Waals surface area contributed by atoms with E-state index in [0.29, 0.717) is 12.6 Å². The molecule has 1 fully saturated rings. The predicted octanol–water partition coefficient (Wildman–Crippen LogP) is 3.21. The lowest BCUT2D eigenvalue weighted by Crippen LogP contribution is -2.42. The summed E-state index contributed by atoms with van der Waals surface area (Å²) in [5.74, 6) is 0. The van der Waals surface area contributed by atoms with E-state index in [-0.39, 0.29) is 10.7 Å². The number of nitrogens with one attached hydrogen (secondary N) is 1. The summed E-state index contributed by atoms with van der Waals surface area (Å²) < 4.78 is 0. The highest BCUT2D eigenvalue weighted by molar-refractivity contribution is 6.32. The minimum atomic E-state index is -0.435. The van der Waals surface area contributed by atoms with Crippen LogP contribution < -0.4 is 5.32 Å². The highest BCUT2D eigenvalue weighted by Crippen LogP contribution is 2.25. The molecule has 1 saturated heterocycles. The van der Waals surface area contributed by atoms with Crippen LogP contribution in [0.1, 0.15) is 31.7 Å². The van der Waals surface area contributed by atoms with Gasteiger partial charge in [0.25, 0.3) is 5.69 Å². The van der Waals surface area contributed by atoms with E-state index in [1.54, 1.807) is 12.1 Å². The molecular weight excluding hydrogens is 290 g/mol. The normalized spacial score (nSPS) is 17.0. The van der Waals surface area contributed by atoms with Crippen LogP contribution in [0, 0.1) is 10.1 Å². The minimum absolute atomic E-state index is 0.0197. The number of benzene rings is 1. The monoisotopic (exact) mass is 311 g/mol. The molecule has 1 aromatic rings. The standard InChI is InChI=1S/C15H22ClN3O2/c1-2-7-18-8-5-13(6-9-18)17-11-12-3-4-14(16)15(10-12)19(20)21/h3-4,10,13,17H,2,5-9,11H2,1H3. The lowest BCUT2D eigenvalue weighted by molar-refractivity contribution is -0.384. The van der Waals surface area contributed by atoms with Crippen LogP contribution in [0.15, 0.2) is 18.2 Å². The predicted molar refractivity (Wildman–Crippen MR) is 84.7 cm³/mol. The molecule has 21 heavy (non-hydrogen) atoms. The SMILES string of the molecule is CCCN1CCC(NCc2ccc(Cl)c([N+](=O)[O-])c2)CC1. The van der Waals surface area contributed by atoms with Crippen LogP contribution in [-0.2, 0) is 6.54 Å². The van der Waals surface area contributed by atoms with Crippen molar-refractivity contribution in [1.29, 1.82) is 0 Å². The molecule has 0 bridgehead atoms.